The molecule has 0 unspecified atom stereocenters. The zero-order valence-electron chi connectivity index (χ0n) is 13.3. The summed E-state index contributed by atoms with van der Waals surface area (Å²) in [4.78, 5) is 45.9. The lowest BCUT2D eigenvalue weighted by molar-refractivity contribution is 0.112. The molecule has 3 N–H and O–H groups in total. The molecular formula is C12H10ClFN6O6S. The van der Waals surface area contributed by atoms with Gasteiger partial charge in [0.05, 0.1) is 6.54 Å². The zero-order valence-corrected chi connectivity index (χ0v) is 14.8. The van der Waals surface area contributed by atoms with E-state index in [1.54, 1.807) is 5.38 Å². The van der Waals surface area contributed by atoms with Gasteiger partial charge in [0.25, 0.3) is 0 Å². The van der Waals surface area contributed by atoms with Crippen LogP contribution in [0.5, 0.6) is 0 Å². The second-order valence-electron chi connectivity index (χ2n) is 4.71. The molecule has 0 aromatic carbocycles. The number of hydrogen-bond acceptors (Lipinski definition) is 8. The first kappa shape index (κ1) is 20.1. The van der Waals surface area contributed by atoms with Gasteiger partial charge in [-0.2, -0.15) is 14.4 Å². The molecule has 144 valence electrons. The first-order chi connectivity index (χ1) is 12.6. The molecule has 0 fully saturated rings. The second kappa shape index (κ2) is 7.96. The van der Waals surface area contributed by atoms with Gasteiger partial charge in [-0.15, -0.1) is 21.4 Å². The van der Waals surface area contributed by atoms with Crippen LogP contribution in [-0.4, -0.2) is 60.6 Å². The summed E-state index contributed by atoms with van der Waals surface area (Å²) in [5, 5.41) is 27.7. The molecule has 0 aliphatic carbocycles. The van der Waals surface area contributed by atoms with Crippen molar-refractivity contribution in [3.05, 3.63) is 27.7 Å². The molecule has 2 aromatic rings. The van der Waals surface area contributed by atoms with E-state index in [9.17, 15) is 23.9 Å². The lowest BCUT2D eigenvalue weighted by atomic mass is 10.4. The van der Waals surface area contributed by atoms with Crippen LogP contribution in [0.1, 0.15) is 5.01 Å². The summed E-state index contributed by atoms with van der Waals surface area (Å²) >= 11 is 6.96. The normalized spacial score (nSPS) is 10.3. The summed E-state index contributed by atoms with van der Waals surface area (Å²) in [7, 11) is 1.39. The number of carboxylic acid groups (broad SMARTS) is 3. The van der Waals surface area contributed by atoms with E-state index in [1.165, 1.54) is 29.5 Å². The van der Waals surface area contributed by atoms with Gasteiger partial charge in [0.15, 0.2) is 5.82 Å². The highest BCUT2D eigenvalue weighted by Crippen LogP contribution is 2.28. The predicted octanol–water partition coefficient (Wildman–Crippen LogP) is 2.42. The number of hydrazine groups is 1. The molecule has 2 rings (SSSR count). The van der Waals surface area contributed by atoms with Crippen LogP contribution >= 0.6 is 22.9 Å². The highest BCUT2D eigenvalue weighted by Gasteiger charge is 2.37. The van der Waals surface area contributed by atoms with Gasteiger partial charge in [0.2, 0.25) is 16.9 Å². The lowest BCUT2D eigenvalue weighted by Gasteiger charge is -2.26. The van der Waals surface area contributed by atoms with E-state index >= 15 is 0 Å². The van der Waals surface area contributed by atoms with Crippen molar-refractivity contribution in [2.75, 3.05) is 17.0 Å². The molecule has 0 radical (unpaired) electrons. The van der Waals surface area contributed by atoms with Crippen LogP contribution in [0, 0.1) is 5.82 Å². The third kappa shape index (κ3) is 4.29. The van der Waals surface area contributed by atoms with Gasteiger partial charge in [-0.1, -0.05) is 0 Å². The van der Waals surface area contributed by atoms with Crippen LogP contribution in [-0.2, 0) is 6.54 Å². The van der Waals surface area contributed by atoms with E-state index < -0.39 is 51.0 Å². The fourth-order valence-corrected chi connectivity index (χ4v) is 2.75. The van der Waals surface area contributed by atoms with Gasteiger partial charge < -0.3 is 20.2 Å². The Labute approximate surface area is 158 Å². The number of nitrogens with zero attached hydrogens (tertiary/aromatic N) is 6. The third-order valence-electron chi connectivity index (χ3n) is 2.95. The van der Waals surface area contributed by atoms with E-state index in [1.807, 2.05) is 0 Å². The highest BCUT2D eigenvalue weighted by molar-refractivity contribution is 7.09. The summed E-state index contributed by atoms with van der Waals surface area (Å²) in [6, 6.07) is 0. The highest BCUT2D eigenvalue weighted by atomic mass is 35.5. The maximum absolute atomic E-state index is 14.9. The van der Waals surface area contributed by atoms with Crippen molar-refractivity contribution < 1.29 is 34.1 Å². The van der Waals surface area contributed by atoms with E-state index in [4.69, 9.17) is 21.8 Å². The van der Waals surface area contributed by atoms with E-state index in [-0.39, 0.29) is 6.54 Å². The van der Waals surface area contributed by atoms with Gasteiger partial charge >= 0.3 is 18.3 Å². The number of thiazole rings is 1. The predicted molar refractivity (Wildman–Crippen MR) is 89.6 cm³/mol. The SMILES string of the molecule is CN(Cc1nccs1)c1nc(Cl)nc(N(C(=O)O)N(C(=O)O)C(=O)O)c1F. The molecule has 2 heterocycles. The molecule has 3 amide bonds. The Hall–Kier alpha value is -3.26. The Balaban J connectivity index is 2.55. The molecule has 12 nitrogen and oxygen atoms in total. The zero-order chi connectivity index (χ0) is 20.3. The topological polar surface area (TPSA) is 160 Å². The maximum Gasteiger partial charge on any atom is 0.437 e. The Kier molecular flexibility index (Phi) is 5.91. The van der Waals surface area contributed by atoms with E-state index in [0.29, 0.717) is 5.01 Å². The minimum atomic E-state index is -2.20. The molecule has 15 heteroatoms. The van der Waals surface area contributed by atoms with Crippen molar-refractivity contribution in [3.8, 4) is 0 Å². The third-order valence-corrected chi connectivity index (χ3v) is 3.88. The maximum atomic E-state index is 14.9. The van der Waals surface area contributed by atoms with Crippen molar-refractivity contribution in [3.63, 3.8) is 0 Å². The summed E-state index contributed by atoms with van der Waals surface area (Å²) in [5.74, 6) is -3.05. The van der Waals surface area contributed by atoms with Gasteiger partial charge in [-0.3, -0.25) is 0 Å². The van der Waals surface area contributed by atoms with Crippen LogP contribution in [0.15, 0.2) is 11.6 Å². The summed E-state index contributed by atoms with van der Waals surface area (Å²) < 4.78 is 14.9. The van der Waals surface area contributed by atoms with Gasteiger partial charge in [0.1, 0.15) is 5.01 Å². The molecule has 0 aliphatic rings. The molecule has 0 aliphatic heterocycles. The van der Waals surface area contributed by atoms with Crippen molar-refractivity contribution in [2.45, 2.75) is 6.54 Å². The molecular weight excluding hydrogens is 411 g/mol. The van der Waals surface area contributed by atoms with E-state index in [2.05, 4.69) is 15.0 Å². The molecule has 0 atom stereocenters. The largest absolute Gasteiger partial charge is 0.463 e. The van der Waals surface area contributed by atoms with Crippen molar-refractivity contribution in [1.29, 1.82) is 0 Å². The van der Waals surface area contributed by atoms with Crippen molar-refractivity contribution in [1.82, 2.24) is 20.0 Å². The number of aromatic nitrogens is 3. The first-order valence-electron chi connectivity index (χ1n) is 6.75. The minimum Gasteiger partial charge on any atom is -0.463 e. The van der Waals surface area contributed by atoms with Gasteiger partial charge in [-0.05, 0) is 11.6 Å². The average molecular weight is 421 g/mol. The molecule has 0 spiro atoms. The molecule has 0 saturated carbocycles. The van der Waals surface area contributed by atoms with Crippen LogP contribution < -0.4 is 9.91 Å². The Morgan fingerprint density at radius 3 is 2.22 bits per heavy atom. The molecule has 0 saturated heterocycles. The summed E-state index contributed by atoms with van der Waals surface area (Å²) in [5.41, 5.74) is 0. The number of halogens is 2. The molecule has 2 aromatic heterocycles. The van der Waals surface area contributed by atoms with Gasteiger partial charge in [0, 0.05) is 18.6 Å². The van der Waals surface area contributed by atoms with Crippen LogP contribution in [0.3, 0.4) is 0 Å². The molecule has 0 bridgehead atoms. The standard InChI is InChI=1S/C12H10ClFN6O6S/c1-18(4-5-15-2-3-27-5)7-6(14)8(17-9(13)16-7)19(10(21)22)20(11(23)24)12(25)26/h2-3H,4H2,1H3,(H,21,22)(H,23,24)(H,25,26). The summed E-state index contributed by atoms with van der Waals surface area (Å²) in [6.45, 7) is 0.0655. The number of anilines is 2. The van der Waals surface area contributed by atoms with E-state index in [0.717, 1.165) is 0 Å². The minimum absolute atomic E-state index is 0.0655. The summed E-state index contributed by atoms with van der Waals surface area (Å²) in [6.07, 6.45) is -5.00. The van der Waals surface area contributed by atoms with Crippen molar-refractivity contribution in [2.24, 2.45) is 0 Å². The smallest absolute Gasteiger partial charge is 0.437 e. The Morgan fingerprint density at radius 1 is 1.15 bits per heavy atom. The lowest BCUT2D eigenvalue weighted by Crippen LogP contribution is -2.52. The van der Waals surface area contributed by atoms with Crippen molar-refractivity contribution >= 4 is 52.9 Å². The Morgan fingerprint density at radius 2 is 1.74 bits per heavy atom. The van der Waals surface area contributed by atoms with Crippen LogP contribution in [0.2, 0.25) is 5.28 Å². The monoisotopic (exact) mass is 420 g/mol. The average Bonchev–Trinajstić information content (AvgIpc) is 3.06. The quantitative estimate of drug-likeness (QED) is 0.494. The number of carbonyl (C=O) groups is 3. The fraction of sp³-hybridized carbons (Fsp3) is 0.167. The molecule has 27 heavy (non-hydrogen) atoms. The first-order valence-corrected chi connectivity index (χ1v) is 8.00. The number of imide groups is 1. The Bertz CT molecular complexity index is 870. The van der Waals surface area contributed by atoms with Crippen LogP contribution in [0.4, 0.5) is 30.4 Å². The van der Waals surface area contributed by atoms with Crippen LogP contribution in [0.25, 0.3) is 0 Å². The fourth-order valence-electron chi connectivity index (χ4n) is 1.92. The number of hydrogen-bond donors (Lipinski definition) is 3. The number of rotatable bonds is 4. The van der Waals surface area contributed by atoms with Gasteiger partial charge in [-0.25, -0.2) is 19.4 Å². The number of amides is 3. The second-order valence-corrected chi connectivity index (χ2v) is 6.02.